The quantitative estimate of drug-likeness (QED) is 0.320. The van der Waals surface area contributed by atoms with Crippen molar-refractivity contribution in [3.8, 4) is 0 Å². The lowest BCUT2D eigenvalue weighted by Crippen LogP contribution is -2.44. The molecule has 2 atom stereocenters. The Balaban J connectivity index is 1.81. The number of nitrogens with one attached hydrogen (secondary N) is 1. The van der Waals surface area contributed by atoms with Gasteiger partial charge in [-0.05, 0) is 32.6 Å². The summed E-state index contributed by atoms with van der Waals surface area (Å²) in [6.45, 7) is 5.81. The number of allylic oxidation sites excluding steroid dienone is 1. The van der Waals surface area contributed by atoms with E-state index in [2.05, 4.69) is 23.0 Å². The molecular weight excluding hydrogens is 282 g/mol. The molecule has 2 unspecified atom stereocenters. The number of nitrogens with zero attached hydrogens (tertiary/aromatic N) is 1. The third-order valence-electron chi connectivity index (χ3n) is 4.75. The van der Waals surface area contributed by atoms with E-state index in [1.165, 1.54) is 83.5 Å². The molecule has 0 aromatic rings. The van der Waals surface area contributed by atoms with Gasteiger partial charge in [0, 0.05) is 12.4 Å². The predicted octanol–water partition coefficient (Wildman–Crippen LogP) is 5.25. The highest BCUT2D eigenvalue weighted by molar-refractivity contribution is 4.95. The lowest BCUT2D eigenvalue weighted by atomic mass is 10.0. The SMILES string of the molecule is C=CCCCCCCCCCCCCCC1NC=CN1C(C)N. The zero-order valence-corrected chi connectivity index (χ0v) is 15.3. The minimum Gasteiger partial charge on any atom is -0.370 e. The van der Waals surface area contributed by atoms with Crippen molar-refractivity contribution in [2.75, 3.05) is 0 Å². The molecule has 0 saturated heterocycles. The van der Waals surface area contributed by atoms with Gasteiger partial charge in [-0.2, -0.15) is 0 Å². The lowest BCUT2D eigenvalue weighted by Gasteiger charge is -2.28. The fourth-order valence-electron chi connectivity index (χ4n) is 3.30. The van der Waals surface area contributed by atoms with Gasteiger partial charge in [-0.15, -0.1) is 6.58 Å². The molecule has 23 heavy (non-hydrogen) atoms. The molecule has 1 aliphatic heterocycles. The Labute approximate surface area is 144 Å². The lowest BCUT2D eigenvalue weighted by molar-refractivity contribution is 0.208. The van der Waals surface area contributed by atoms with E-state index >= 15 is 0 Å². The maximum atomic E-state index is 5.96. The average Bonchev–Trinajstić information content (AvgIpc) is 3.00. The molecular formula is C20H39N3. The Morgan fingerprint density at radius 2 is 1.52 bits per heavy atom. The highest BCUT2D eigenvalue weighted by atomic mass is 15.3. The number of rotatable bonds is 15. The maximum absolute atomic E-state index is 5.96. The number of hydrogen-bond donors (Lipinski definition) is 2. The second kappa shape index (κ2) is 13.5. The van der Waals surface area contributed by atoms with Crippen LogP contribution in [0.3, 0.4) is 0 Å². The van der Waals surface area contributed by atoms with E-state index < -0.39 is 0 Å². The second-order valence-corrected chi connectivity index (χ2v) is 6.94. The zero-order chi connectivity index (χ0) is 16.8. The van der Waals surface area contributed by atoms with Crippen LogP contribution in [0.5, 0.6) is 0 Å². The Morgan fingerprint density at radius 3 is 2.04 bits per heavy atom. The second-order valence-electron chi connectivity index (χ2n) is 6.94. The van der Waals surface area contributed by atoms with Crippen LogP contribution in [-0.4, -0.2) is 17.2 Å². The van der Waals surface area contributed by atoms with Gasteiger partial charge in [0.15, 0.2) is 0 Å². The van der Waals surface area contributed by atoms with Crippen molar-refractivity contribution in [2.24, 2.45) is 5.73 Å². The van der Waals surface area contributed by atoms with E-state index in [4.69, 9.17) is 5.73 Å². The van der Waals surface area contributed by atoms with Gasteiger partial charge in [0.2, 0.25) is 0 Å². The molecule has 134 valence electrons. The van der Waals surface area contributed by atoms with Crippen LogP contribution in [0.2, 0.25) is 0 Å². The first kappa shape index (κ1) is 20.1. The van der Waals surface area contributed by atoms with Gasteiger partial charge in [-0.25, -0.2) is 0 Å². The summed E-state index contributed by atoms with van der Waals surface area (Å²) < 4.78 is 0. The summed E-state index contributed by atoms with van der Waals surface area (Å²) in [4.78, 5) is 2.22. The summed E-state index contributed by atoms with van der Waals surface area (Å²) in [5.74, 6) is 0. The van der Waals surface area contributed by atoms with Gasteiger partial charge in [-0.3, -0.25) is 0 Å². The van der Waals surface area contributed by atoms with Gasteiger partial charge in [0.1, 0.15) is 0 Å². The Hall–Kier alpha value is -0.960. The van der Waals surface area contributed by atoms with Gasteiger partial charge in [0.25, 0.3) is 0 Å². The van der Waals surface area contributed by atoms with Gasteiger partial charge >= 0.3 is 0 Å². The molecule has 0 spiro atoms. The van der Waals surface area contributed by atoms with Crippen LogP contribution in [-0.2, 0) is 0 Å². The predicted molar refractivity (Wildman–Crippen MR) is 102 cm³/mol. The van der Waals surface area contributed by atoms with Crippen molar-refractivity contribution in [3.63, 3.8) is 0 Å². The molecule has 1 heterocycles. The molecule has 1 aliphatic rings. The zero-order valence-electron chi connectivity index (χ0n) is 15.3. The van der Waals surface area contributed by atoms with Crippen molar-refractivity contribution in [1.29, 1.82) is 0 Å². The van der Waals surface area contributed by atoms with Crippen molar-refractivity contribution in [1.82, 2.24) is 10.2 Å². The first-order valence-corrected chi connectivity index (χ1v) is 9.82. The minimum atomic E-state index is 0.100. The molecule has 0 radical (unpaired) electrons. The molecule has 0 aromatic carbocycles. The number of unbranched alkanes of at least 4 members (excludes halogenated alkanes) is 11. The van der Waals surface area contributed by atoms with Gasteiger partial charge in [-0.1, -0.05) is 63.9 Å². The van der Waals surface area contributed by atoms with E-state index in [0.717, 1.165) is 0 Å². The average molecular weight is 322 g/mol. The largest absolute Gasteiger partial charge is 0.370 e. The molecule has 0 saturated carbocycles. The van der Waals surface area contributed by atoms with Crippen LogP contribution in [0, 0.1) is 0 Å². The van der Waals surface area contributed by atoms with Gasteiger partial charge < -0.3 is 16.0 Å². The third kappa shape index (κ3) is 9.70. The first-order chi connectivity index (χ1) is 11.3. The number of hydrogen-bond acceptors (Lipinski definition) is 3. The van der Waals surface area contributed by atoms with E-state index in [9.17, 15) is 0 Å². The fraction of sp³-hybridized carbons (Fsp3) is 0.800. The fourth-order valence-corrected chi connectivity index (χ4v) is 3.30. The van der Waals surface area contributed by atoms with Crippen molar-refractivity contribution in [2.45, 2.75) is 103 Å². The van der Waals surface area contributed by atoms with E-state index in [1.54, 1.807) is 0 Å². The van der Waals surface area contributed by atoms with Crippen LogP contribution in [0.1, 0.15) is 90.4 Å². The smallest absolute Gasteiger partial charge is 0.0995 e. The molecule has 0 aromatic heterocycles. The summed E-state index contributed by atoms with van der Waals surface area (Å²) in [7, 11) is 0. The number of nitrogens with two attached hydrogens (primary N) is 1. The normalized spacial score (nSPS) is 18.2. The molecule has 0 aliphatic carbocycles. The van der Waals surface area contributed by atoms with Crippen LogP contribution < -0.4 is 11.1 Å². The summed E-state index contributed by atoms with van der Waals surface area (Å²) >= 11 is 0. The molecule has 3 nitrogen and oxygen atoms in total. The molecule has 3 heteroatoms. The van der Waals surface area contributed by atoms with Gasteiger partial charge in [0.05, 0.1) is 12.3 Å². The van der Waals surface area contributed by atoms with E-state index in [1.807, 2.05) is 19.2 Å². The highest BCUT2D eigenvalue weighted by Gasteiger charge is 2.20. The molecule has 0 bridgehead atoms. The maximum Gasteiger partial charge on any atom is 0.0995 e. The minimum absolute atomic E-state index is 0.100. The first-order valence-electron chi connectivity index (χ1n) is 9.82. The summed E-state index contributed by atoms with van der Waals surface area (Å²) in [5, 5.41) is 3.39. The standard InChI is InChI=1S/C20H39N3/c1-3-4-5-6-7-8-9-10-11-12-13-14-15-16-20-22-17-18-23(20)19(2)21/h3,17-20,22H,1,4-16,21H2,2H3. The van der Waals surface area contributed by atoms with Crippen molar-refractivity contribution >= 4 is 0 Å². The van der Waals surface area contributed by atoms with E-state index in [-0.39, 0.29) is 6.17 Å². The van der Waals surface area contributed by atoms with Crippen LogP contribution in [0.25, 0.3) is 0 Å². The summed E-state index contributed by atoms with van der Waals surface area (Å²) in [5.41, 5.74) is 5.96. The topological polar surface area (TPSA) is 41.3 Å². The molecule has 0 amide bonds. The Bertz CT molecular complexity index is 312. The van der Waals surface area contributed by atoms with Crippen LogP contribution >= 0.6 is 0 Å². The van der Waals surface area contributed by atoms with Crippen molar-refractivity contribution in [3.05, 3.63) is 25.1 Å². The molecule has 3 N–H and O–H groups in total. The van der Waals surface area contributed by atoms with Crippen LogP contribution in [0.15, 0.2) is 25.1 Å². The summed E-state index contributed by atoms with van der Waals surface area (Å²) in [6.07, 6.45) is 24.3. The Kier molecular flexibility index (Phi) is 11.8. The van der Waals surface area contributed by atoms with E-state index in [0.29, 0.717) is 6.17 Å². The monoisotopic (exact) mass is 321 g/mol. The highest BCUT2D eigenvalue weighted by Crippen LogP contribution is 2.16. The Morgan fingerprint density at radius 1 is 1.00 bits per heavy atom. The summed E-state index contributed by atoms with van der Waals surface area (Å²) in [6, 6.07) is 0. The molecule has 0 fully saturated rings. The third-order valence-corrected chi connectivity index (χ3v) is 4.75. The van der Waals surface area contributed by atoms with Crippen LogP contribution in [0.4, 0.5) is 0 Å². The van der Waals surface area contributed by atoms with Crippen molar-refractivity contribution < 1.29 is 0 Å². The molecule has 1 rings (SSSR count).